The lowest BCUT2D eigenvalue weighted by Crippen LogP contribution is -2.48. The van der Waals surface area contributed by atoms with E-state index < -0.39 is 14.9 Å². The summed E-state index contributed by atoms with van der Waals surface area (Å²) >= 11 is 0. The minimum Gasteiger partial charge on any atom is -0.497 e. The Balaban J connectivity index is 1.46. The molecule has 0 N–H and O–H groups in total. The Morgan fingerprint density at radius 1 is 0.969 bits per heavy atom. The van der Waals surface area contributed by atoms with Crippen LogP contribution in [0.2, 0.25) is 0 Å². The molecule has 0 spiro atoms. The molecule has 1 aliphatic heterocycles. The monoisotopic (exact) mass is 455 g/mol. The molecular formula is C21H21N5O5S. The molecule has 10 nitrogen and oxygen atoms in total. The van der Waals surface area contributed by atoms with Crippen LogP contribution in [0.3, 0.4) is 0 Å². The number of methoxy groups -OCH3 is 1. The Kier molecular flexibility index (Phi) is 6.01. The first-order chi connectivity index (χ1) is 15.4. The van der Waals surface area contributed by atoms with Gasteiger partial charge in [-0.05, 0) is 36.4 Å². The molecule has 32 heavy (non-hydrogen) atoms. The van der Waals surface area contributed by atoms with Crippen LogP contribution in [-0.4, -0.2) is 60.9 Å². The average Bonchev–Trinajstić information content (AvgIpc) is 2.84. The third kappa shape index (κ3) is 4.39. The minimum absolute atomic E-state index is 0.0420. The van der Waals surface area contributed by atoms with Gasteiger partial charge in [-0.3, -0.25) is 10.1 Å². The number of anilines is 1. The maximum atomic E-state index is 12.9. The highest BCUT2D eigenvalue weighted by Crippen LogP contribution is 2.25. The fourth-order valence-electron chi connectivity index (χ4n) is 3.49. The fourth-order valence-corrected chi connectivity index (χ4v) is 4.91. The molecule has 0 bridgehead atoms. The molecule has 3 aromatic rings. The molecule has 1 saturated heterocycles. The predicted octanol–water partition coefficient (Wildman–Crippen LogP) is 2.57. The number of sulfonamides is 1. The molecule has 0 aliphatic carbocycles. The normalized spacial score (nSPS) is 14.8. The van der Waals surface area contributed by atoms with Crippen molar-refractivity contribution in [1.82, 2.24) is 14.3 Å². The van der Waals surface area contributed by atoms with E-state index in [0.717, 1.165) is 22.8 Å². The molecule has 0 amide bonds. The van der Waals surface area contributed by atoms with E-state index in [9.17, 15) is 18.5 Å². The molecule has 1 aliphatic rings. The summed E-state index contributed by atoms with van der Waals surface area (Å²) in [7, 11) is -2.12. The Morgan fingerprint density at radius 3 is 2.22 bits per heavy atom. The predicted molar refractivity (Wildman–Crippen MR) is 118 cm³/mol. The summed E-state index contributed by atoms with van der Waals surface area (Å²) in [4.78, 5) is 21.0. The van der Waals surface area contributed by atoms with Gasteiger partial charge in [0.1, 0.15) is 17.9 Å². The van der Waals surface area contributed by atoms with Crippen LogP contribution in [0.1, 0.15) is 0 Å². The maximum absolute atomic E-state index is 12.9. The van der Waals surface area contributed by atoms with Gasteiger partial charge in [0.15, 0.2) is 0 Å². The summed E-state index contributed by atoms with van der Waals surface area (Å²) in [5, 5.41) is 10.8. The number of hydrogen-bond donors (Lipinski definition) is 0. The Labute approximate surface area is 185 Å². The van der Waals surface area contributed by atoms with Crippen molar-refractivity contribution in [2.75, 3.05) is 38.2 Å². The van der Waals surface area contributed by atoms with Crippen LogP contribution in [0.4, 0.5) is 11.5 Å². The Bertz CT molecular complexity index is 1210. The highest BCUT2D eigenvalue weighted by Gasteiger charge is 2.29. The van der Waals surface area contributed by atoms with E-state index in [0.29, 0.717) is 13.1 Å². The first kappa shape index (κ1) is 21.7. The van der Waals surface area contributed by atoms with Crippen molar-refractivity contribution in [3.05, 3.63) is 71.0 Å². The number of hydrogen-bond acceptors (Lipinski definition) is 8. The number of piperazine rings is 1. The number of rotatable bonds is 6. The third-order valence-corrected chi connectivity index (χ3v) is 7.20. The molecule has 0 unspecified atom stereocenters. The number of benzene rings is 2. The van der Waals surface area contributed by atoms with Gasteiger partial charge in [-0.2, -0.15) is 4.31 Å². The standard InChI is InChI=1S/C21H21N5O5S/c1-31-18-6-2-16(3-7-18)20-14-21(23-15-22-20)24-10-12-25(13-11-24)32(29,30)19-8-4-17(5-9-19)26(27)28/h2-9,14-15H,10-13H2,1H3. The van der Waals surface area contributed by atoms with Crippen LogP contribution in [0, 0.1) is 10.1 Å². The number of aromatic nitrogens is 2. The zero-order valence-electron chi connectivity index (χ0n) is 17.3. The van der Waals surface area contributed by atoms with Gasteiger partial charge < -0.3 is 9.64 Å². The average molecular weight is 455 g/mol. The summed E-state index contributed by atoms with van der Waals surface area (Å²) in [5.41, 5.74) is 1.54. The third-order valence-electron chi connectivity index (χ3n) is 5.29. The van der Waals surface area contributed by atoms with Crippen LogP contribution in [0.25, 0.3) is 11.3 Å². The van der Waals surface area contributed by atoms with Crippen LogP contribution in [-0.2, 0) is 10.0 Å². The smallest absolute Gasteiger partial charge is 0.269 e. The van der Waals surface area contributed by atoms with Gasteiger partial charge in [0, 0.05) is 49.9 Å². The molecule has 1 aromatic heterocycles. The van der Waals surface area contributed by atoms with Crippen molar-refractivity contribution < 1.29 is 18.1 Å². The van der Waals surface area contributed by atoms with E-state index in [1.807, 2.05) is 35.2 Å². The highest BCUT2D eigenvalue weighted by molar-refractivity contribution is 7.89. The number of nitro benzene ring substituents is 1. The number of nitro groups is 1. The molecular weight excluding hydrogens is 434 g/mol. The first-order valence-corrected chi connectivity index (χ1v) is 11.3. The zero-order valence-corrected chi connectivity index (χ0v) is 18.1. The van der Waals surface area contributed by atoms with E-state index in [4.69, 9.17) is 4.74 Å². The topological polar surface area (TPSA) is 119 Å². The van der Waals surface area contributed by atoms with Crippen LogP contribution in [0.5, 0.6) is 5.75 Å². The molecule has 2 aromatic carbocycles. The van der Waals surface area contributed by atoms with Crippen molar-refractivity contribution in [3.8, 4) is 17.0 Å². The van der Waals surface area contributed by atoms with Crippen molar-refractivity contribution in [2.45, 2.75) is 4.90 Å². The first-order valence-electron chi connectivity index (χ1n) is 9.84. The molecule has 0 saturated carbocycles. The van der Waals surface area contributed by atoms with Gasteiger partial charge in [-0.25, -0.2) is 18.4 Å². The van der Waals surface area contributed by atoms with Crippen LogP contribution >= 0.6 is 0 Å². The maximum Gasteiger partial charge on any atom is 0.269 e. The zero-order chi connectivity index (χ0) is 22.7. The highest BCUT2D eigenvalue weighted by atomic mass is 32.2. The van der Waals surface area contributed by atoms with Crippen molar-refractivity contribution in [3.63, 3.8) is 0 Å². The largest absolute Gasteiger partial charge is 0.497 e. The minimum atomic E-state index is -3.73. The molecule has 0 atom stereocenters. The van der Waals surface area contributed by atoms with Gasteiger partial charge in [0.25, 0.3) is 5.69 Å². The summed E-state index contributed by atoms with van der Waals surface area (Å²) in [6.45, 7) is 1.49. The second kappa shape index (κ2) is 8.89. The van der Waals surface area contributed by atoms with Gasteiger partial charge in [-0.15, -0.1) is 0 Å². The molecule has 1 fully saturated rings. The summed E-state index contributed by atoms with van der Waals surface area (Å²) < 4.78 is 32.4. The summed E-state index contributed by atoms with van der Waals surface area (Å²) in [6.07, 6.45) is 1.49. The van der Waals surface area contributed by atoms with Crippen molar-refractivity contribution >= 4 is 21.5 Å². The lowest BCUT2D eigenvalue weighted by Gasteiger charge is -2.34. The summed E-state index contributed by atoms with van der Waals surface area (Å²) in [6, 6.07) is 14.4. The summed E-state index contributed by atoms with van der Waals surface area (Å²) in [5.74, 6) is 1.48. The Hall–Kier alpha value is -3.57. The fraction of sp³-hybridized carbons (Fsp3) is 0.238. The molecule has 2 heterocycles. The molecule has 166 valence electrons. The lowest BCUT2D eigenvalue weighted by molar-refractivity contribution is -0.384. The molecule has 11 heteroatoms. The molecule has 0 radical (unpaired) electrons. The second-order valence-corrected chi connectivity index (χ2v) is 9.07. The second-order valence-electron chi connectivity index (χ2n) is 7.13. The van der Waals surface area contributed by atoms with Gasteiger partial charge in [-0.1, -0.05) is 0 Å². The Morgan fingerprint density at radius 2 is 1.62 bits per heavy atom. The SMILES string of the molecule is COc1ccc(-c2cc(N3CCN(S(=O)(=O)c4ccc([N+](=O)[O-])cc4)CC3)ncn2)cc1. The number of ether oxygens (including phenoxy) is 1. The van der Waals surface area contributed by atoms with Crippen molar-refractivity contribution in [2.24, 2.45) is 0 Å². The van der Waals surface area contributed by atoms with Crippen molar-refractivity contribution in [1.29, 1.82) is 0 Å². The van der Waals surface area contributed by atoms with E-state index in [1.165, 1.54) is 34.9 Å². The number of non-ortho nitro benzene ring substituents is 1. The lowest BCUT2D eigenvalue weighted by atomic mass is 10.1. The molecule has 4 rings (SSSR count). The van der Waals surface area contributed by atoms with E-state index in [1.54, 1.807) is 7.11 Å². The van der Waals surface area contributed by atoms with E-state index in [-0.39, 0.29) is 23.7 Å². The van der Waals surface area contributed by atoms with Gasteiger partial charge in [0.2, 0.25) is 10.0 Å². The quantitative estimate of drug-likeness (QED) is 0.411. The van der Waals surface area contributed by atoms with Gasteiger partial charge in [0.05, 0.1) is 22.6 Å². The number of nitrogens with zero attached hydrogens (tertiary/aromatic N) is 5. The van der Waals surface area contributed by atoms with Gasteiger partial charge >= 0.3 is 0 Å². The van der Waals surface area contributed by atoms with Crippen LogP contribution < -0.4 is 9.64 Å². The van der Waals surface area contributed by atoms with E-state index in [2.05, 4.69) is 9.97 Å². The van der Waals surface area contributed by atoms with Crippen LogP contribution in [0.15, 0.2) is 65.8 Å². The van der Waals surface area contributed by atoms with E-state index >= 15 is 0 Å².